The van der Waals surface area contributed by atoms with Crippen LogP contribution in [0, 0.1) is 0 Å². The first kappa shape index (κ1) is 21.8. The molecule has 0 spiro atoms. The molecule has 2 N–H and O–H groups in total. The number of hydrogen-bond acceptors (Lipinski definition) is 3. The summed E-state index contributed by atoms with van der Waals surface area (Å²) in [5.74, 6) is 1.72. The van der Waals surface area contributed by atoms with Crippen LogP contribution in [-0.2, 0) is 28.7 Å². The summed E-state index contributed by atoms with van der Waals surface area (Å²) in [4.78, 5) is 18.8. The summed E-state index contributed by atoms with van der Waals surface area (Å²) in [6, 6.07) is 8.59. The van der Waals surface area contributed by atoms with Crippen molar-refractivity contribution >= 4 is 22.7 Å². The number of nitrogens with one attached hydrogen (secondary N) is 2. The van der Waals surface area contributed by atoms with E-state index in [1.807, 2.05) is 24.0 Å². The normalized spacial score (nSPS) is 22.8. The van der Waals surface area contributed by atoms with Gasteiger partial charge in [0, 0.05) is 60.9 Å². The standard InChI is InChI=1S/C22H34N4O2S/c1-3-29(28)20-11-6-10-19(14-20)25-22(23-2)24-13-7-12-21(27)26-15-17-8-4-5-9-18(17)16-26/h4-5,8-9,19-20H,3,6-7,10-16H2,1-2H3,(H2,23,24,25). The van der Waals surface area contributed by atoms with Gasteiger partial charge in [0.2, 0.25) is 5.91 Å². The van der Waals surface area contributed by atoms with Crippen molar-refractivity contribution in [2.45, 2.75) is 69.8 Å². The molecular formula is C22H34N4O2S. The van der Waals surface area contributed by atoms with E-state index in [2.05, 4.69) is 27.8 Å². The minimum absolute atomic E-state index is 0.211. The summed E-state index contributed by atoms with van der Waals surface area (Å²) in [5, 5.41) is 7.11. The van der Waals surface area contributed by atoms with E-state index >= 15 is 0 Å². The number of aliphatic imine (C=N–C) groups is 1. The lowest BCUT2D eigenvalue weighted by atomic mass is 9.95. The molecule has 3 unspecified atom stereocenters. The molecular weight excluding hydrogens is 384 g/mol. The van der Waals surface area contributed by atoms with E-state index in [1.54, 1.807) is 7.05 Å². The third-order valence-corrected chi connectivity index (χ3v) is 7.64. The monoisotopic (exact) mass is 418 g/mol. The van der Waals surface area contributed by atoms with Gasteiger partial charge in [0.25, 0.3) is 0 Å². The highest BCUT2D eigenvalue weighted by atomic mass is 32.2. The largest absolute Gasteiger partial charge is 0.356 e. The van der Waals surface area contributed by atoms with Crippen molar-refractivity contribution in [1.82, 2.24) is 15.5 Å². The number of rotatable bonds is 7. The molecule has 0 aromatic heterocycles. The smallest absolute Gasteiger partial charge is 0.223 e. The van der Waals surface area contributed by atoms with Gasteiger partial charge in [-0.3, -0.25) is 14.0 Å². The van der Waals surface area contributed by atoms with Crippen molar-refractivity contribution in [3.63, 3.8) is 0 Å². The third-order valence-electron chi connectivity index (χ3n) is 5.90. The fourth-order valence-electron chi connectivity index (χ4n) is 4.25. The molecule has 7 heteroatoms. The van der Waals surface area contributed by atoms with E-state index in [1.165, 1.54) is 11.1 Å². The van der Waals surface area contributed by atoms with Gasteiger partial charge >= 0.3 is 0 Å². The zero-order valence-corrected chi connectivity index (χ0v) is 18.5. The average Bonchev–Trinajstić information content (AvgIpc) is 3.19. The van der Waals surface area contributed by atoms with Gasteiger partial charge in [-0.2, -0.15) is 0 Å². The van der Waals surface area contributed by atoms with Crippen molar-refractivity contribution in [3.8, 4) is 0 Å². The Morgan fingerprint density at radius 1 is 1.24 bits per heavy atom. The molecule has 29 heavy (non-hydrogen) atoms. The van der Waals surface area contributed by atoms with Crippen LogP contribution in [0.15, 0.2) is 29.3 Å². The molecule has 0 radical (unpaired) electrons. The van der Waals surface area contributed by atoms with Crippen LogP contribution in [0.25, 0.3) is 0 Å². The van der Waals surface area contributed by atoms with E-state index in [9.17, 15) is 9.00 Å². The number of carbonyl (C=O) groups is 1. The minimum Gasteiger partial charge on any atom is -0.356 e. The summed E-state index contributed by atoms with van der Waals surface area (Å²) in [6.45, 7) is 4.17. The molecule has 3 atom stereocenters. The predicted octanol–water partition coefficient (Wildman–Crippen LogP) is 2.55. The van der Waals surface area contributed by atoms with Crippen LogP contribution >= 0.6 is 0 Å². The van der Waals surface area contributed by atoms with E-state index in [0.717, 1.165) is 56.9 Å². The third kappa shape index (κ3) is 6.04. The number of benzene rings is 1. The number of guanidine groups is 1. The number of carbonyl (C=O) groups excluding carboxylic acids is 1. The number of fused-ring (bicyclic) bond motifs is 1. The molecule has 0 saturated heterocycles. The lowest BCUT2D eigenvalue weighted by molar-refractivity contribution is -0.131. The first-order valence-corrected chi connectivity index (χ1v) is 12.2. The first-order valence-electron chi connectivity index (χ1n) is 10.8. The van der Waals surface area contributed by atoms with Crippen LogP contribution in [0.2, 0.25) is 0 Å². The highest BCUT2D eigenvalue weighted by Gasteiger charge is 2.26. The average molecular weight is 419 g/mol. The van der Waals surface area contributed by atoms with E-state index in [0.29, 0.717) is 24.3 Å². The fourth-order valence-corrected chi connectivity index (χ4v) is 5.60. The topological polar surface area (TPSA) is 73.8 Å². The van der Waals surface area contributed by atoms with E-state index < -0.39 is 10.8 Å². The molecule has 160 valence electrons. The molecule has 6 nitrogen and oxygen atoms in total. The summed E-state index contributed by atoms with van der Waals surface area (Å²) in [5.41, 5.74) is 2.52. The molecule has 1 aromatic rings. The Bertz CT molecular complexity index is 727. The van der Waals surface area contributed by atoms with Gasteiger partial charge in [0.1, 0.15) is 0 Å². The van der Waals surface area contributed by atoms with Gasteiger partial charge in [0.15, 0.2) is 5.96 Å². The van der Waals surface area contributed by atoms with Crippen molar-refractivity contribution in [2.24, 2.45) is 4.99 Å². The number of hydrogen-bond donors (Lipinski definition) is 2. The van der Waals surface area contributed by atoms with Crippen LogP contribution in [0.3, 0.4) is 0 Å². The van der Waals surface area contributed by atoms with Crippen LogP contribution in [0.4, 0.5) is 0 Å². The maximum Gasteiger partial charge on any atom is 0.223 e. The molecule has 1 amide bonds. The fraction of sp³-hybridized carbons (Fsp3) is 0.636. The number of nitrogens with zero attached hydrogens (tertiary/aromatic N) is 2. The molecule has 1 aliphatic heterocycles. The molecule has 1 fully saturated rings. The lowest BCUT2D eigenvalue weighted by Gasteiger charge is -2.30. The molecule has 1 aliphatic carbocycles. The SMILES string of the molecule is CCS(=O)C1CCCC(NC(=NC)NCCCC(=O)N2Cc3ccccc3C2)C1. The summed E-state index contributed by atoms with van der Waals surface area (Å²) in [6.07, 6.45) is 5.52. The Morgan fingerprint density at radius 2 is 1.97 bits per heavy atom. The Kier molecular flexibility index (Phi) is 8.09. The van der Waals surface area contributed by atoms with Crippen LogP contribution < -0.4 is 10.6 Å². The van der Waals surface area contributed by atoms with Gasteiger partial charge in [-0.15, -0.1) is 0 Å². The predicted molar refractivity (Wildman–Crippen MR) is 119 cm³/mol. The van der Waals surface area contributed by atoms with Gasteiger partial charge in [-0.05, 0) is 36.8 Å². The number of amides is 1. The highest BCUT2D eigenvalue weighted by Crippen LogP contribution is 2.24. The van der Waals surface area contributed by atoms with Gasteiger partial charge in [-0.25, -0.2) is 0 Å². The molecule has 1 aromatic carbocycles. The Hall–Kier alpha value is -1.89. The zero-order chi connectivity index (χ0) is 20.6. The summed E-state index contributed by atoms with van der Waals surface area (Å²) >= 11 is 0. The molecule has 1 heterocycles. The van der Waals surface area contributed by atoms with E-state index in [-0.39, 0.29) is 5.91 Å². The molecule has 3 rings (SSSR count). The summed E-state index contributed by atoms with van der Waals surface area (Å²) < 4.78 is 12.1. The Balaban J connectivity index is 1.36. The first-order chi connectivity index (χ1) is 14.1. The van der Waals surface area contributed by atoms with Crippen molar-refractivity contribution in [2.75, 3.05) is 19.3 Å². The Morgan fingerprint density at radius 3 is 2.62 bits per heavy atom. The Labute approximate surface area is 177 Å². The maximum absolute atomic E-state index is 12.5. The van der Waals surface area contributed by atoms with Crippen molar-refractivity contribution in [1.29, 1.82) is 0 Å². The second kappa shape index (κ2) is 10.8. The van der Waals surface area contributed by atoms with Crippen molar-refractivity contribution in [3.05, 3.63) is 35.4 Å². The zero-order valence-electron chi connectivity index (χ0n) is 17.7. The van der Waals surface area contributed by atoms with E-state index in [4.69, 9.17) is 0 Å². The van der Waals surface area contributed by atoms with Crippen molar-refractivity contribution < 1.29 is 9.00 Å². The second-order valence-corrected chi connectivity index (χ2v) is 9.93. The second-order valence-electron chi connectivity index (χ2n) is 7.92. The quantitative estimate of drug-likeness (QED) is 0.405. The van der Waals surface area contributed by atoms with Crippen LogP contribution in [0.5, 0.6) is 0 Å². The van der Waals surface area contributed by atoms with Gasteiger partial charge < -0.3 is 15.5 Å². The minimum atomic E-state index is -0.722. The van der Waals surface area contributed by atoms with Crippen LogP contribution in [-0.4, -0.2) is 51.6 Å². The van der Waals surface area contributed by atoms with Gasteiger partial charge in [-0.1, -0.05) is 37.6 Å². The lowest BCUT2D eigenvalue weighted by Crippen LogP contribution is -2.46. The van der Waals surface area contributed by atoms with Crippen LogP contribution in [0.1, 0.15) is 56.6 Å². The van der Waals surface area contributed by atoms with Gasteiger partial charge in [0.05, 0.1) is 0 Å². The highest BCUT2D eigenvalue weighted by molar-refractivity contribution is 7.85. The summed E-state index contributed by atoms with van der Waals surface area (Å²) in [7, 11) is 1.05. The molecule has 1 saturated carbocycles. The molecule has 0 bridgehead atoms. The maximum atomic E-state index is 12.5. The molecule has 2 aliphatic rings.